The molecular formula is C28H29FN4OS. The van der Waals surface area contributed by atoms with E-state index < -0.39 is 5.66 Å². The number of amides is 1. The third-order valence-corrected chi connectivity index (χ3v) is 7.34. The Kier molecular flexibility index (Phi) is 6.79. The molecule has 0 aromatic heterocycles. The summed E-state index contributed by atoms with van der Waals surface area (Å²) in [6, 6.07) is 26.5. The van der Waals surface area contributed by atoms with Gasteiger partial charge in [-0.3, -0.25) is 10.1 Å². The Hall–Kier alpha value is -3.29. The highest BCUT2D eigenvalue weighted by molar-refractivity contribution is 7.80. The molecule has 180 valence electrons. The molecule has 2 saturated heterocycles. The molecule has 2 fully saturated rings. The molecule has 5 nitrogen and oxygen atoms in total. The van der Waals surface area contributed by atoms with Gasteiger partial charge in [0.25, 0.3) is 0 Å². The van der Waals surface area contributed by atoms with Crippen LogP contribution in [0, 0.1) is 5.82 Å². The fraction of sp³-hybridized carbons (Fsp3) is 0.286. The number of hydrogen-bond acceptors (Lipinski definition) is 3. The molecule has 0 saturated carbocycles. The number of para-hydroxylation sites is 1. The molecular weight excluding hydrogens is 459 g/mol. The first kappa shape index (κ1) is 23.5. The number of hydrogen-bond donors (Lipinski definition) is 2. The van der Waals surface area contributed by atoms with E-state index in [0.29, 0.717) is 36.9 Å². The first-order valence-corrected chi connectivity index (χ1v) is 12.4. The van der Waals surface area contributed by atoms with E-state index in [4.69, 9.17) is 12.2 Å². The van der Waals surface area contributed by atoms with Crippen molar-refractivity contribution < 1.29 is 9.18 Å². The standard InChI is InChI=1S/C28H29FN4OS/c29-23-13-7-8-14-24(23)30-27(35)32-17-15-28(16-18-32)31-25(19-21-9-3-1-4-10-21)26(34)33(28)20-22-11-5-2-6-12-22/h1-14,25,31H,15-20H2,(H,30,35). The van der Waals surface area contributed by atoms with Crippen molar-refractivity contribution in [3.8, 4) is 0 Å². The van der Waals surface area contributed by atoms with Gasteiger partial charge < -0.3 is 15.1 Å². The maximum atomic E-state index is 14.1. The molecule has 2 heterocycles. The minimum absolute atomic E-state index is 0.137. The highest BCUT2D eigenvalue weighted by Crippen LogP contribution is 2.35. The summed E-state index contributed by atoms with van der Waals surface area (Å²) in [6.45, 7) is 1.91. The number of nitrogens with one attached hydrogen (secondary N) is 2. The van der Waals surface area contributed by atoms with Crippen LogP contribution in [-0.4, -0.2) is 45.6 Å². The Balaban J connectivity index is 1.32. The molecule has 0 aliphatic carbocycles. The predicted molar refractivity (Wildman–Crippen MR) is 140 cm³/mol. The van der Waals surface area contributed by atoms with Crippen LogP contribution in [-0.2, 0) is 17.8 Å². The molecule has 2 aliphatic rings. The number of benzene rings is 3. The zero-order valence-electron chi connectivity index (χ0n) is 19.5. The molecule has 1 amide bonds. The van der Waals surface area contributed by atoms with Crippen LogP contribution in [0.2, 0.25) is 0 Å². The van der Waals surface area contributed by atoms with Crippen LogP contribution in [0.4, 0.5) is 10.1 Å². The monoisotopic (exact) mass is 488 g/mol. The predicted octanol–water partition coefficient (Wildman–Crippen LogP) is 4.56. The van der Waals surface area contributed by atoms with E-state index in [-0.39, 0.29) is 17.8 Å². The van der Waals surface area contributed by atoms with Crippen molar-refractivity contribution >= 4 is 28.9 Å². The summed E-state index contributed by atoms with van der Waals surface area (Å²) in [5.41, 5.74) is 2.20. The number of piperidine rings is 1. The fourth-order valence-corrected chi connectivity index (χ4v) is 5.39. The molecule has 1 unspecified atom stereocenters. The quantitative estimate of drug-likeness (QED) is 0.516. The van der Waals surface area contributed by atoms with Crippen LogP contribution in [0.25, 0.3) is 0 Å². The smallest absolute Gasteiger partial charge is 0.241 e. The van der Waals surface area contributed by atoms with Gasteiger partial charge in [0.2, 0.25) is 5.91 Å². The zero-order chi connectivity index (χ0) is 24.3. The number of carbonyl (C=O) groups is 1. The van der Waals surface area contributed by atoms with Crippen molar-refractivity contribution in [3.05, 3.63) is 102 Å². The Bertz CT molecular complexity index is 1180. The van der Waals surface area contributed by atoms with Crippen LogP contribution in [0.5, 0.6) is 0 Å². The van der Waals surface area contributed by atoms with Crippen LogP contribution in [0.1, 0.15) is 24.0 Å². The van der Waals surface area contributed by atoms with Gasteiger partial charge in [0, 0.05) is 32.5 Å². The summed E-state index contributed by atoms with van der Waals surface area (Å²) < 4.78 is 14.1. The highest BCUT2D eigenvalue weighted by atomic mass is 32.1. The van der Waals surface area contributed by atoms with Crippen LogP contribution >= 0.6 is 12.2 Å². The third kappa shape index (κ3) is 5.06. The van der Waals surface area contributed by atoms with Gasteiger partial charge in [0.1, 0.15) is 5.82 Å². The second kappa shape index (κ2) is 10.1. The maximum absolute atomic E-state index is 14.1. The van der Waals surface area contributed by atoms with Crippen LogP contribution in [0.3, 0.4) is 0 Å². The number of rotatable bonds is 5. The second-order valence-corrected chi connectivity index (χ2v) is 9.61. The van der Waals surface area contributed by atoms with Gasteiger partial charge in [0.15, 0.2) is 5.11 Å². The van der Waals surface area contributed by atoms with Crippen molar-refractivity contribution in [3.63, 3.8) is 0 Å². The number of halogens is 1. The van der Waals surface area contributed by atoms with Crippen molar-refractivity contribution in [1.29, 1.82) is 0 Å². The summed E-state index contributed by atoms with van der Waals surface area (Å²) in [7, 11) is 0. The summed E-state index contributed by atoms with van der Waals surface area (Å²) >= 11 is 5.59. The maximum Gasteiger partial charge on any atom is 0.241 e. The first-order chi connectivity index (χ1) is 17.0. The number of nitrogens with zero attached hydrogens (tertiary/aromatic N) is 2. The van der Waals surface area contributed by atoms with E-state index in [2.05, 4.69) is 39.8 Å². The van der Waals surface area contributed by atoms with Gasteiger partial charge in [-0.2, -0.15) is 0 Å². The SMILES string of the molecule is O=C1C(Cc2ccccc2)NC2(CCN(C(=S)Nc3ccccc3F)CC2)N1Cc1ccccc1. The number of anilines is 1. The Morgan fingerprint density at radius 3 is 2.20 bits per heavy atom. The van der Waals surface area contributed by atoms with Crippen molar-refractivity contribution in [2.75, 3.05) is 18.4 Å². The Morgan fingerprint density at radius 1 is 0.943 bits per heavy atom. The fourth-order valence-electron chi connectivity index (χ4n) is 5.10. The van der Waals surface area contributed by atoms with E-state index in [1.54, 1.807) is 18.2 Å². The zero-order valence-corrected chi connectivity index (χ0v) is 20.3. The van der Waals surface area contributed by atoms with Crippen molar-refractivity contribution in [2.45, 2.75) is 37.5 Å². The minimum Gasteiger partial charge on any atom is -0.349 e. The number of thiocarbonyl (C=S) groups is 1. The summed E-state index contributed by atoms with van der Waals surface area (Å²) in [5.74, 6) is -0.192. The summed E-state index contributed by atoms with van der Waals surface area (Å²) in [5, 5.41) is 7.27. The van der Waals surface area contributed by atoms with E-state index in [0.717, 1.165) is 24.0 Å². The largest absolute Gasteiger partial charge is 0.349 e. The molecule has 3 aromatic rings. The van der Waals surface area contributed by atoms with E-state index in [9.17, 15) is 9.18 Å². The lowest BCUT2D eigenvalue weighted by Crippen LogP contribution is -2.59. The summed E-state index contributed by atoms with van der Waals surface area (Å²) in [4.78, 5) is 17.7. The second-order valence-electron chi connectivity index (χ2n) is 9.23. The van der Waals surface area contributed by atoms with Crippen molar-refractivity contribution in [2.24, 2.45) is 0 Å². The Labute approximate surface area is 210 Å². The molecule has 0 radical (unpaired) electrons. The highest BCUT2D eigenvalue weighted by Gasteiger charge is 2.51. The van der Waals surface area contributed by atoms with Crippen LogP contribution < -0.4 is 10.6 Å². The minimum atomic E-state index is -0.434. The van der Waals surface area contributed by atoms with Gasteiger partial charge in [-0.15, -0.1) is 0 Å². The lowest BCUT2D eigenvalue weighted by molar-refractivity contribution is -0.134. The molecule has 0 bridgehead atoms. The topological polar surface area (TPSA) is 47.6 Å². The van der Waals surface area contributed by atoms with E-state index in [1.807, 2.05) is 41.3 Å². The summed E-state index contributed by atoms with van der Waals surface area (Å²) in [6.07, 6.45) is 2.12. The normalized spacial score (nSPS) is 19.2. The van der Waals surface area contributed by atoms with Gasteiger partial charge >= 0.3 is 0 Å². The third-order valence-electron chi connectivity index (χ3n) is 6.98. The van der Waals surface area contributed by atoms with Crippen LogP contribution in [0.15, 0.2) is 84.9 Å². The number of likely N-dealkylation sites (tertiary alicyclic amines) is 1. The average Bonchev–Trinajstić information content (AvgIpc) is 3.12. The van der Waals surface area contributed by atoms with Gasteiger partial charge in [-0.25, -0.2) is 4.39 Å². The van der Waals surface area contributed by atoms with Gasteiger partial charge in [0.05, 0.1) is 17.4 Å². The first-order valence-electron chi connectivity index (χ1n) is 12.0. The average molecular weight is 489 g/mol. The van der Waals surface area contributed by atoms with Crippen molar-refractivity contribution in [1.82, 2.24) is 15.1 Å². The molecule has 7 heteroatoms. The van der Waals surface area contributed by atoms with Gasteiger partial charge in [-0.1, -0.05) is 72.8 Å². The van der Waals surface area contributed by atoms with E-state index >= 15 is 0 Å². The molecule has 35 heavy (non-hydrogen) atoms. The molecule has 3 aromatic carbocycles. The molecule has 2 aliphatic heterocycles. The molecule has 1 spiro atoms. The van der Waals surface area contributed by atoms with E-state index in [1.165, 1.54) is 6.07 Å². The lowest BCUT2D eigenvalue weighted by atomic mass is 9.95. The lowest BCUT2D eigenvalue weighted by Gasteiger charge is -2.45. The molecule has 1 atom stereocenters. The Morgan fingerprint density at radius 2 is 1.54 bits per heavy atom. The molecule has 2 N–H and O–H groups in total. The number of carbonyl (C=O) groups excluding carboxylic acids is 1. The van der Waals surface area contributed by atoms with Gasteiger partial charge in [-0.05, 0) is 41.9 Å². The molecule has 5 rings (SSSR count).